The van der Waals surface area contributed by atoms with Crippen LogP contribution < -0.4 is 5.32 Å². The topological polar surface area (TPSA) is 88.6 Å². The van der Waals surface area contributed by atoms with Gasteiger partial charge in [0, 0.05) is 18.8 Å². The van der Waals surface area contributed by atoms with Crippen molar-refractivity contribution in [3.63, 3.8) is 0 Å². The monoisotopic (exact) mass is 497 g/mol. The molecule has 1 aliphatic heterocycles. The molecule has 1 aliphatic rings. The van der Waals surface area contributed by atoms with Gasteiger partial charge in [0.15, 0.2) is 0 Å². The molecular weight excluding hydrogens is 478 g/mol. The molecule has 0 saturated carbocycles. The van der Waals surface area contributed by atoms with Crippen LogP contribution in [-0.2, 0) is 14.8 Å². The molecule has 3 aromatic rings. The number of ether oxygens (including phenoxy) is 1. The van der Waals surface area contributed by atoms with Gasteiger partial charge < -0.3 is 10.1 Å². The second kappa shape index (κ2) is 8.97. The first-order valence-corrected chi connectivity index (χ1v) is 12.9. The highest BCUT2D eigenvalue weighted by atomic mass is 35.5. The molecule has 0 radical (unpaired) electrons. The van der Waals surface area contributed by atoms with E-state index < -0.39 is 10.0 Å². The van der Waals surface area contributed by atoms with E-state index in [0.717, 1.165) is 9.88 Å². The molecule has 1 saturated heterocycles. The number of amides is 1. The molecule has 2 aromatic heterocycles. The van der Waals surface area contributed by atoms with Crippen LogP contribution in [0, 0.1) is 13.8 Å². The number of anilines is 1. The van der Waals surface area contributed by atoms with E-state index in [-0.39, 0.29) is 10.8 Å². The standard InChI is InChI=1S/C20H20ClN3O4S3/c1-12-3-4-14(11-16(12)31(26,27)24-7-9-28-10-8-24)23-19(25)18-13(2)22-20(30-18)15-5-6-17(21)29-15/h3-6,11H,7-10H2,1-2H3,(H,23,25). The van der Waals surface area contributed by atoms with Crippen LogP contribution in [0.15, 0.2) is 35.2 Å². The van der Waals surface area contributed by atoms with E-state index in [1.54, 1.807) is 32.0 Å². The second-order valence-corrected chi connectivity index (χ2v) is 11.6. The van der Waals surface area contributed by atoms with Crippen LogP contribution in [0.5, 0.6) is 0 Å². The van der Waals surface area contributed by atoms with Gasteiger partial charge in [-0.2, -0.15) is 4.31 Å². The Labute approximate surface area is 193 Å². The quantitative estimate of drug-likeness (QED) is 0.563. The first-order valence-electron chi connectivity index (χ1n) is 9.49. The average Bonchev–Trinajstić information content (AvgIpc) is 3.35. The van der Waals surface area contributed by atoms with Crippen molar-refractivity contribution in [2.24, 2.45) is 0 Å². The molecule has 164 valence electrons. The molecule has 1 fully saturated rings. The van der Waals surface area contributed by atoms with Crippen LogP contribution >= 0.6 is 34.3 Å². The fourth-order valence-corrected chi connectivity index (χ4v) is 6.93. The maximum Gasteiger partial charge on any atom is 0.267 e. The lowest BCUT2D eigenvalue weighted by molar-refractivity contribution is 0.0730. The number of rotatable bonds is 5. The van der Waals surface area contributed by atoms with E-state index in [4.69, 9.17) is 16.3 Å². The highest BCUT2D eigenvalue weighted by molar-refractivity contribution is 7.89. The van der Waals surface area contributed by atoms with Gasteiger partial charge in [-0.05, 0) is 43.7 Å². The lowest BCUT2D eigenvalue weighted by Crippen LogP contribution is -2.40. The fraction of sp³-hybridized carbons (Fsp3) is 0.300. The average molecular weight is 498 g/mol. The largest absolute Gasteiger partial charge is 0.379 e. The van der Waals surface area contributed by atoms with E-state index in [9.17, 15) is 13.2 Å². The first kappa shape index (κ1) is 22.4. The van der Waals surface area contributed by atoms with Crippen molar-refractivity contribution in [3.8, 4) is 9.88 Å². The minimum Gasteiger partial charge on any atom is -0.379 e. The van der Waals surface area contributed by atoms with Crippen molar-refractivity contribution in [1.82, 2.24) is 9.29 Å². The summed E-state index contributed by atoms with van der Waals surface area (Å²) >= 11 is 8.68. The van der Waals surface area contributed by atoms with Crippen molar-refractivity contribution in [1.29, 1.82) is 0 Å². The molecule has 1 N–H and O–H groups in total. The van der Waals surface area contributed by atoms with E-state index in [1.165, 1.54) is 33.0 Å². The Morgan fingerprint density at radius 1 is 1.16 bits per heavy atom. The zero-order valence-electron chi connectivity index (χ0n) is 16.8. The van der Waals surface area contributed by atoms with Gasteiger partial charge in [-0.25, -0.2) is 13.4 Å². The number of hydrogen-bond donors (Lipinski definition) is 1. The third kappa shape index (κ3) is 4.69. The number of hydrogen-bond acceptors (Lipinski definition) is 7. The number of carbonyl (C=O) groups is 1. The number of carbonyl (C=O) groups excluding carboxylic acids is 1. The minimum absolute atomic E-state index is 0.183. The van der Waals surface area contributed by atoms with Gasteiger partial charge in [-0.3, -0.25) is 4.79 Å². The van der Waals surface area contributed by atoms with Gasteiger partial charge in [0.1, 0.15) is 9.88 Å². The highest BCUT2D eigenvalue weighted by Crippen LogP contribution is 2.35. The number of halogens is 1. The number of nitrogens with zero attached hydrogens (tertiary/aromatic N) is 2. The Bertz CT molecular complexity index is 1230. The maximum atomic E-state index is 13.1. The third-order valence-corrected chi connectivity index (χ3v) is 9.42. The molecule has 31 heavy (non-hydrogen) atoms. The summed E-state index contributed by atoms with van der Waals surface area (Å²) in [5.41, 5.74) is 1.64. The van der Waals surface area contributed by atoms with E-state index in [0.29, 0.717) is 52.5 Å². The van der Waals surface area contributed by atoms with E-state index >= 15 is 0 Å². The molecule has 1 aromatic carbocycles. The van der Waals surface area contributed by atoms with Crippen molar-refractivity contribution in [3.05, 3.63) is 50.8 Å². The Balaban J connectivity index is 1.58. The van der Waals surface area contributed by atoms with Gasteiger partial charge in [0.05, 0.1) is 33.0 Å². The van der Waals surface area contributed by atoms with Gasteiger partial charge >= 0.3 is 0 Å². The number of sulfonamides is 1. The molecule has 4 rings (SSSR count). The van der Waals surface area contributed by atoms with Gasteiger partial charge in [-0.1, -0.05) is 17.7 Å². The molecule has 0 unspecified atom stereocenters. The molecule has 0 aliphatic carbocycles. The number of aryl methyl sites for hydroxylation is 2. The van der Waals surface area contributed by atoms with Crippen molar-refractivity contribution < 1.29 is 17.9 Å². The number of morpholine rings is 1. The number of aromatic nitrogens is 1. The van der Waals surface area contributed by atoms with Crippen molar-refractivity contribution in [2.45, 2.75) is 18.7 Å². The molecule has 11 heteroatoms. The highest BCUT2D eigenvalue weighted by Gasteiger charge is 2.28. The minimum atomic E-state index is -3.67. The molecule has 0 spiro atoms. The van der Waals surface area contributed by atoms with Gasteiger partial charge in [0.25, 0.3) is 5.91 Å². The molecule has 3 heterocycles. The summed E-state index contributed by atoms with van der Waals surface area (Å²) < 4.78 is 33.5. The smallest absolute Gasteiger partial charge is 0.267 e. The zero-order chi connectivity index (χ0) is 22.2. The molecule has 0 atom stereocenters. The predicted octanol–water partition coefficient (Wildman–Crippen LogP) is 4.42. The predicted molar refractivity (Wildman–Crippen MR) is 124 cm³/mol. The lowest BCUT2D eigenvalue weighted by atomic mass is 10.2. The Hall–Kier alpha value is -1.82. The molecular formula is C20H20ClN3O4S3. The Morgan fingerprint density at radius 3 is 2.58 bits per heavy atom. The van der Waals surface area contributed by atoms with Crippen molar-refractivity contribution in [2.75, 3.05) is 31.6 Å². The maximum absolute atomic E-state index is 13.1. The number of benzene rings is 1. The van der Waals surface area contributed by atoms with Crippen molar-refractivity contribution >= 4 is 55.9 Å². The SMILES string of the molecule is Cc1ccc(NC(=O)c2sc(-c3ccc(Cl)s3)nc2C)cc1S(=O)(=O)N1CCOCC1. The molecule has 1 amide bonds. The van der Waals surface area contributed by atoms with Crippen LogP contribution in [0.3, 0.4) is 0 Å². The second-order valence-electron chi connectivity index (χ2n) is 6.99. The Morgan fingerprint density at radius 2 is 1.90 bits per heavy atom. The van der Waals surface area contributed by atoms with Crippen LogP contribution in [0.1, 0.15) is 20.9 Å². The van der Waals surface area contributed by atoms with E-state index in [2.05, 4.69) is 10.3 Å². The Kier molecular flexibility index (Phi) is 6.47. The third-order valence-electron chi connectivity index (χ3n) is 4.82. The summed E-state index contributed by atoms with van der Waals surface area (Å²) in [4.78, 5) is 18.9. The van der Waals surface area contributed by atoms with Crippen LogP contribution in [0.2, 0.25) is 4.34 Å². The summed E-state index contributed by atoms with van der Waals surface area (Å²) in [6.07, 6.45) is 0. The van der Waals surface area contributed by atoms with E-state index in [1.807, 2.05) is 6.07 Å². The van der Waals surface area contributed by atoms with Crippen LogP contribution in [-0.4, -0.2) is 49.9 Å². The van der Waals surface area contributed by atoms with Gasteiger partial charge in [-0.15, -0.1) is 22.7 Å². The van der Waals surface area contributed by atoms with Crippen LogP contribution in [0.4, 0.5) is 5.69 Å². The van der Waals surface area contributed by atoms with Gasteiger partial charge in [0.2, 0.25) is 10.0 Å². The number of thiazole rings is 1. The fourth-order valence-electron chi connectivity index (χ4n) is 3.21. The first-order chi connectivity index (χ1) is 14.8. The lowest BCUT2D eigenvalue weighted by Gasteiger charge is -2.26. The molecule has 7 nitrogen and oxygen atoms in total. The number of nitrogens with one attached hydrogen (secondary N) is 1. The van der Waals surface area contributed by atoms with Crippen LogP contribution in [0.25, 0.3) is 9.88 Å². The normalized spacial score (nSPS) is 15.2. The molecule has 0 bridgehead atoms. The summed E-state index contributed by atoms with van der Waals surface area (Å²) in [5.74, 6) is -0.331. The summed E-state index contributed by atoms with van der Waals surface area (Å²) in [6, 6.07) is 8.56. The zero-order valence-corrected chi connectivity index (χ0v) is 20.1. The summed E-state index contributed by atoms with van der Waals surface area (Å²) in [6.45, 7) is 4.88. The summed E-state index contributed by atoms with van der Waals surface area (Å²) in [7, 11) is -3.67. The number of thiophene rings is 1. The summed E-state index contributed by atoms with van der Waals surface area (Å²) in [5, 5.41) is 3.53.